The highest BCUT2D eigenvalue weighted by molar-refractivity contribution is 7.99. The van der Waals surface area contributed by atoms with E-state index in [-0.39, 0.29) is 11.6 Å². The minimum Gasteiger partial charge on any atom is -0.396 e. The average molecular weight is 597 g/mol. The van der Waals surface area contributed by atoms with E-state index in [2.05, 4.69) is 34.3 Å². The smallest absolute Gasteiger partial charge is 0.268 e. The van der Waals surface area contributed by atoms with Crippen molar-refractivity contribution in [3.05, 3.63) is 70.2 Å². The van der Waals surface area contributed by atoms with Crippen LogP contribution in [0, 0.1) is 0 Å². The number of primary amides is 1. The standard InChI is InChI=1S/C23H22N6O2S2.C4H10O.C2H4O/c1-25-13-33-18-10-14(5-6-17(18)26-2)11-27-23(31)16-4-3-8-29-20(21(24)30)19(28-22(16)29)15-7-9-32-12-15;1-2-3-4-5;1-2-3/h3-10,12,25H,2,11,13H2,1H3,(H2,24,30)(H,27,31);5H,2-4H2,1H3;2H,1H3. The maximum absolute atomic E-state index is 13.1. The Labute approximate surface area is 248 Å². The highest BCUT2D eigenvalue weighted by Gasteiger charge is 2.22. The van der Waals surface area contributed by atoms with Crippen LogP contribution in [-0.2, 0) is 11.3 Å². The van der Waals surface area contributed by atoms with Gasteiger partial charge >= 0.3 is 0 Å². The molecule has 0 aliphatic heterocycles. The number of thiophene rings is 1. The Kier molecular flexibility index (Phi) is 14.5. The van der Waals surface area contributed by atoms with Crippen molar-refractivity contribution in [3.63, 3.8) is 0 Å². The third kappa shape index (κ3) is 9.35. The first kappa shape index (κ1) is 33.4. The van der Waals surface area contributed by atoms with Gasteiger partial charge in [0.1, 0.15) is 17.7 Å². The van der Waals surface area contributed by atoms with Crippen LogP contribution in [0.25, 0.3) is 16.9 Å². The Morgan fingerprint density at radius 1 is 1.29 bits per heavy atom. The van der Waals surface area contributed by atoms with Crippen molar-refractivity contribution in [2.24, 2.45) is 10.7 Å². The zero-order chi connectivity index (χ0) is 30.2. The second-order valence-corrected chi connectivity index (χ2v) is 10.2. The van der Waals surface area contributed by atoms with Gasteiger partial charge in [0.25, 0.3) is 11.8 Å². The van der Waals surface area contributed by atoms with Crippen LogP contribution in [0.15, 0.2) is 63.2 Å². The average Bonchev–Trinajstić information content (AvgIpc) is 3.64. The molecule has 0 saturated heterocycles. The topological polar surface area (TPSA) is 151 Å². The second-order valence-electron chi connectivity index (χ2n) is 8.40. The number of benzene rings is 1. The van der Waals surface area contributed by atoms with E-state index in [4.69, 9.17) is 15.6 Å². The van der Waals surface area contributed by atoms with E-state index in [9.17, 15) is 9.59 Å². The molecule has 0 unspecified atom stereocenters. The first-order valence-electron chi connectivity index (χ1n) is 12.9. The van der Waals surface area contributed by atoms with E-state index in [0.717, 1.165) is 46.7 Å². The van der Waals surface area contributed by atoms with E-state index in [1.54, 1.807) is 34.5 Å². The van der Waals surface area contributed by atoms with E-state index < -0.39 is 5.91 Å². The lowest BCUT2D eigenvalue weighted by molar-refractivity contribution is -0.106. The number of aliphatic hydroxyl groups is 1. The summed E-state index contributed by atoms with van der Waals surface area (Å²) in [5.74, 6) is -0.174. The number of amides is 2. The molecule has 218 valence electrons. The molecule has 1 aromatic carbocycles. The Bertz CT molecular complexity index is 1430. The zero-order valence-corrected chi connectivity index (χ0v) is 25.1. The predicted octanol–water partition coefficient (Wildman–Crippen LogP) is 4.68. The molecular weight excluding hydrogens is 560 g/mol. The number of rotatable bonds is 11. The van der Waals surface area contributed by atoms with Gasteiger partial charge in [0.15, 0.2) is 5.65 Å². The fraction of sp³-hybridized carbons (Fsp3) is 0.276. The van der Waals surface area contributed by atoms with Crippen LogP contribution in [0.5, 0.6) is 0 Å². The molecule has 3 aromatic heterocycles. The van der Waals surface area contributed by atoms with Crippen LogP contribution in [0.1, 0.15) is 53.1 Å². The summed E-state index contributed by atoms with van der Waals surface area (Å²) in [6, 6.07) is 11.0. The van der Waals surface area contributed by atoms with Crippen molar-refractivity contribution < 1.29 is 19.5 Å². The molecule has 0 aliphatic rings. The third-order valence-electron chi connectivity index (χ3n) is 5.45. The summed E-state index contributed by atoms with van der Waals surface area (Å²) in [6.07, 6.45) is 4.47. The van der Waals surface area contributed by atoms with Gasteiger partial charge in [0.05, 0.1) is 11.3 Å². The van der Waals surface area contributed by atoms with Gasteiger partial charge in [0, 0.05) is 41.1 Å². The number of aldehydes is 1. The SMILES string of the molecule is C=Nc1ccc(CNC(=O)c2cccn3c(C(N)=O)c(-c4ccsc4)nc23)cc1SCNC.CC=O.CCCCO. The number of hydrogen-bond donors (Lipinski definition) is 4. The van der Waals surface area contributed by atoms with E-state index in [1.807, 2.05) is 42.1 Å². The number of unbranched alkanes of at least 4 members (excludes halogenated alkanes) is 1. The van der Waals surface area contributed by atoms with Gasteiger partial charge in [-0.3, -0.25) is 19.0 Å². The van der Waals surface area contributed by atoms with Gasteiger partial charge in [0.2, 0.25) is 0 Å². The maximum atomic E-state index is 13.1. The highest BCUT2D eigenvalue weighted by Crippen LogP contribution is 2.30. The molecule has 0 aliphatic carbocycles. The molecule has 0 bridgehead atoms. The number of aliphatic hydroxyl groups excluding tert-OH is 1. The Morgan fingerprint density at radius 3 is 2.61 bits per heavy atom. The fourth-order valence-electron chi connectivity index (χ4n) is 3.58. The zero-order valence-electron chi connectivity index (χ0n) is 23.4. The number of pyridine rings is 1. The number of carbonyl (C=O) groups is 3. The van der Waals surface area contributed by atoms with Crippen molar-refractivity contribution in [3.8, 4) is 11.3 Å². The molecule has 10 nitrogen and oxygen atoms in total. The summed E-state index contributed by atoms with van der Waals surface area (Å²) in [5, 5.41) is 17.9. The number of nitrogens with one attached hydrogen (secondary N) is 2. The Hall–Kier alpha value is -3.84. The first-order chi connectivity index (χ1) is 19.9. The molecule has 3 heterocycles. The number of nitrogens with zero attached hydrogens (tertiary/aromatic N) is 3. The van der Waals surface area contributed by atoms with Gasteiger partial charge < -0.3 is 26.3 Å². The number of hydrogen-bond acceptors (Lipinski definition) is 9. The summed E-state index contributed by atoms with van der Waals surface area (Å²) < 4.78 is 1.57. The summed E-state index contributed by atoms with van der Waals surface area (Å²) in [5.41, 5.74) is 9.60. The minimum atomic E-state index is -0.608. The molecule has 12 heteroatoms. The lowest BCUT2D eigenvalue weighted by Gasteiger charge is -2.10. The highest BCUT2D eigenvalue weighted by atomic mass is 32.2. The van der Waals surface area contributed by atoms with Crippen molar-refractivity contribution in [2.45, 2.75) is 38.1 Å². The van der Waals surface area contributed by atoms with E-state index in [0.29, 0.717) is 30.1 Å². The van der Waals surface area contributed by atoms with Crippen molar-refractivity contribution >= 4 is 59.3 Å². The van der Waals surface area contributed by atoms with Crippen LogP contribution in [0.4, 0.5) is 5.69 Å². The minimum absolute atomic E-state index is 0.247. The maximum Gasteiger partial charge on any atom is 0.268 e. The van der Waals surface area contributed by atoms with Crippen molar-refractivity contribution in [1.82, 2.24) is 20.0 Å². The summed E-state index contributed by atoms with van der Waals surface area (Å²) in [7, 11) is 1.88. The molecule has 2 amide bonds. The number of aromatic nitrogens is 2. The number of nitrogens with two attached hydrogens (primary N) is 1. The molecule has 0 saturated carbocycles. The van der Waals surface area contributed by atoms with Crippen LogP contribution < -0.4 is 16.4 Å². The van der Waals surface area contributed by atoms with E-state index in [1.165, 1.54) is 18.3 Å². The molecular formula is C29H36N6O4S2. The molecule has 0 fully saturated rings. The number of aliphatic imine (C=N–C) groups is 1. The molecule has 0 spiro atoms. The van der Waals surface area contributed by atoms with Gasteiger partial charge in [-0.2, -0.15) is 11.3 Å². The van der Waals surface area contributed by atoms with Crippen LogP contribution in [0.2, 0.25) is 0 Å². The summed E-state index contributed by atoms with van der Waals surface area (Å²) >= 11 is 3.10. The summed E-state index contributed by atoms with van der Waals surface area (Å²) in [4.78, 5) is 43.7. The molecule has 0 radical (unpaired) electrons. The molecule has 0 atom stereocenters. The normalized spacial score (nSPS) is 10.1. The predicted molar refractivity (Wildman–Crippen MR) is 167 cm³/mol. The van der Waals surface area contributed by atoms with Gasteiger partial charge in [-0.25, -0.2) is 4.98 Å². The first-order valence-corrected chi connectivity index (χ1v) is 14.8. The third-order valence-corrected chi connectivity index (χ3v) is 7.21. The largest absolute Gasteiger partial charge is 0.396 e. The molecule has 41 heavy (non-hydrogen) atoms. The quantitative estimate of drug-likeness (QED) is 0.0850. The number of carbonyl (C=O) groups excluding carboxylic acids is 3. The second kappa shape index (κ2) is 17.8. The monoisotopic (exact) mass is 596 g/mol. The van der Waals surface area contributed by atoms with Crippen molar-refractivity contribution in [2.75, 3.05) is 19.5 Å². The molecule has 4 aromatic rings. The van der Waals surface area contributed by atoms with Crippen molar-refractivity contribution in [1.29, 1.82) is 0 Å². The lowest BCUT2D eigenvalue weighted by Crippen LogP contribution is -2.23. The van der Waals surface area contributed by atoms with Crippen LogP contribution >= 0.6 is 23.1 Å². The van der Waals surface area contributed by atoms with Crippen LogP contribution in [0.3, 0.4) is 0 Å². The van der Waals surface area contributed by atoms with Gasteiger partial charge in [-0.15, -0.1) is 11.8 Å². The number of imidazole rings is 1. The number of fused-ring (bicyclic) bond motifs is 1. The number of thioether (sulfide) groups is 1. The van der Waals surface area contributed by atoms with Gasteiger partial charge in [-0.05, 0) is 68.4 Å². The Balaban J connectivity index is 0.000000653. The summed E-state index contributed by atoms with van der Waals surface area (Å²) in [6.45, 7) is 7.78. The molecule has 4 rings (SSSR count). The lowest BCUT2D eigenvalue weighted by atomic mass is 10.2. The fourth-order valence-corrected chi connectivity index (χ4v) is 5.04. The van der Waals surface area contributed by atoms with E-state index >= 15 is 0 Å². The Morgan fingerprint density at radius 2 is 2.05 bits per heavy atom. The van der Waals surface area contributed by atoms with Gasteiger partial charge in [-0.1, -0.05) is 19.4 Å². The van der Waals surface area contributed by atoms with Crippen LogP contribution in [-0.4, -0.2) is 58.8 Å². The molecule has 5 N–H and O–H groups in total.